The summed E-state index contributed by atoms with van der Waals surface area (Å²) in [6, 6.07) is 13.8. The van der Waals surface area contributed by atoms with Gasteiger partial charge in [0.1, 0.15) is 5.75 Å². The van der Waals surface area contributed by atoms with Gasteiger partial charge in [0.15, 0.2) is 0 Å². The number of nitrogen functional groups attached to an aromatic ring is 1. The maximum Gasteiger partial charge on any atom is 0.122 e. The van der Waals surface area contributed by atoms with Crippen molar-refractivity contribution >= 4 is 17.1 Å². The molecule has 0 bridgehead atoms. The van der Waals surface area contributed by atoms with Crippen LogP contribution in [-0.4, -0.2) is 7.11 Å². The molecule has 2 aromatic rings. The van der Waals surface area contributed by atoms with Crippen molar-refractivity contribution in [3.8, 4) is 5.75 Å². The summed E-state index contributed by atoms with van der Waals surface area (Å²) in [7, 11) is 1.69. The fraction of sp³-hybridized carbons (Fsp3) is 0.200. The Labute approximate surface area is 108 Å². The fourth-order valence-electron chi connectivity index (χ4n) is 1.90. The predicted molar refractivity (Wildman–Crippen MR) is 76.5 cm³/mol. The minimum absolute atomic E-state index is 0.742. The van der Waals surface area contributed by atoms with Crippen molar-refractivity contribution in [3.05, 3.63) is 48.0 Å². The standard InChI is InChI=1S/C15H18N2O/c1-3-11-10-12(8-9-15(11)18-2)17-14-7-5-4-6-13(14)16/h4-10,17H,3,16H2,1-2H3. The maximum absolute atomic E-state index is 5.91. The predicted octanol–water partition coefficient (Wildman–Crippen LogP) is 3.58. The monoisotopic (exact) mass is 242 g/mol. The van der Waals surface area contributed by atoms with Gasteiger partial charge in [0.05, 0.1) is 18.5 Å². The van der Waals surface area contributed by atoms with Crippen LogP contribution in [-0.2, 0) is 6.42 Å². The van der Waals surface area contributed by atoms with Crippen LogP contribution in [0.5, 0.6) is 5.75 Å². The molecular formula is C15H18N2O. The van der Waals surface area contributed by atoms with Crippen molar-refractivity contribution in [2.75, 3.05) is 18.2 Å². The lowest BCUT2D eigenvalue weighted by atomic mass is 10.1. The molecule has 0 aliphatic carbocycles. The summed E-state index contributed by atoms with van der Waals surface area (Å²) in [5.41, 5.74) is 9.77. The van der Waals surface area contributed by atoms with Crippen LogP contribution in [0.1, 0.15) is 12.5 Å². The van der Waals surface area contributed by atoms with Gasteiger partial charge in [-0.15, -0.1) is 0 Å². The lowest BCUT2D eigenvalue weighted by Gasteiger charge is -2.12. The molecule has 0 saturated heterocycles. The highest BCUT2D eigenvalue weighted by Crippen LogP contribution is 2.27. The minimum atomic E-state index is 0.742. The highest BCUT2D eigenvalue weighted by molar-refractivity contribution is 5.72. The van der Waals surface area contributed by atoms with Gasteiger partial charge in [0, 0.05) is 5.69 Å². The molecule has 3 heteroatoms. The Morgan fingerprint density at radius 2 is 1.94 bits per heavy atom. The third kappa shape index (κ3) is 2.56. The Hall–Kier alpha value is -2.16. The first-order valence-corrected chi connectivity index (χ1v) is 6.03. The molecule has 0 saturated carbocycles. The number of aryl methyl sites for hydroxylation is 1. The van der Waals surface area contributed by atoms with Crippen LogP contribution in [0.25, 0.3) is 0 Å². The normalized spacial score (nSPS) is 10.1. The van der Waals surface area contributed by atoms with Crippen molar-refractivity contribution < 1.29 is 4.74 Å². The van der Waals surface area contributed by atoms with Gasteiger partial charge in [-0.1, -0.05) is 19.1 Å². The molecule has 0 unspecified atom stereocenters. The summed E-state index contributed by atoms with van der Waals surface area (Å²) in [4.78, 5) is 0. The molecule has 94 valence electrons. The summed E-state index contributed by atoms with van der Waals surface area (Å²) < 4.78 is 5.31. The van der Waals surface area contributed by atoms with Gasteiger partial charge in [-0.05, 0) is 42.3 Å². The average Bonchev–Trinajstić information content (AvgIpc) is 2.41. The quantitative estimate of drug-likeness (QED) is 0.805. The lowest BCUT2D eigenvalue weighted by molar-refractivity contribution is 0.410. The van der Waals surface area contributed by atoms with Crippen molar-refractivity contribution in [1.82, 2.24) is 0 Å². The average molecular weight is 242 g/mol. The SMILES string of the molecule is CCc1cc(Nc2ccccc2N)ccc1OC. The number of hydrogen-bond donors (Lipinski definition) is 2. The molecule has 2 aromatic carbocycles. The molecule has 3 nitrogen and oxygen atoms in total. The Bertz CT molecular complexity index is 538. The molecule has 0 atom stereocenters. The van der Waals surface area contributed by atoms with Crippen molar-refractivity contribution in [2.24, 2.45) is 0 Å². The first kappa shape index (κ1) is 12.3. The first-order valence-electron chi connectivity index (χ1n) is 6.03. The zero-order valence-corrected chi connectivity index (χ0v) is 10.7. The van der Waals surface area contributed by atoms with E-state index in [0.717, 1.165) is 29.2 Å². The molecule has 2 rings (SSSR count). The fourth-order valence-corrected chi connectivity index (χ4v) is 1.90. The molecule has 0 aromatic heterocycles. The van der Waals surface area contributed by atoms with E-state index >= 15 is 0 Å². The number of anilines is 3. The van der Waals surface area contributed by atoms with E-state index in [-0.39, 0.29) is 0 Å². The van der Waals surface area contributed by atoms with E-state index < -0.39 is 0 Å². The molecule has 0 aliphatic rings. The second-order valence-corrected chi connectivity index (χ2v) is 4.09. The number of para-hydroxylation sites is 2. The van der Waals surface area contributed by atoms with Crippen molar-refractivity contribution in [1.29, 1.82) is 0 Å². The van der Waals surface area contributed by atoms with E-state index in [1.807, 2.05) is 36.4 Å². The van der Waals surface area contributed by atoms with Crippen LogP contribution in [0.2, 0.25) is 0 Å². The Morgan fingerprint density at radius 3 is 2.61 bits per heavy atom. The third-order valence-corrected chi connectivity index (χ3v) is 2.90. The lowest BCUT2D eigenvalue weighted by Crippen LogP contribution is -1.97. The van der Waals surface area contributed by atoms with Gasteiger partial charge in [-0.2, -0.15) is 0 Å². The number of nitrogens with one attached hydrogen (secondary N) is 1. The Kier molecular flexibility index (Phi) is 3.72. The van der Waals surface area contributed by atoms with Crippen LogP contribution in [0.15, 0.2) is 42.5 Å². The molecule has 18 heavy (non-hydrogen) atoms. The second-order valence-electron chi connectivity index (χ2n) is 4.09. The summed E-state index contributed by atoms with van der Waals surface area (Å²) >= 11 is 0. The van der Waals surface area contributed by atoms with E-state index in [1.54, 1.807) is 7.11 Å². The molecule has 0 spiro atoms. The maximum atomic E-state index is 5.91. The Morgan fingerprint density at radius 1 is 1.17 bits per heavy atom. The molecule has 0 heterocycles. The number of benzene rings is 2. The largest absolute Gasteiger partial charge is 0.496 e. The van der Waals surface area contributed by atoms with Crippen molar-refractivity contribution in [3.63, 3.8) is 0 Å². The molecule has 0 fully saturated rings. The summed E-state index contributed by atoms with van der Waals surface area (Å²) in [5.74, 6) is 0.920. The van der Waals surface area contributed by atoms with Gasteiger partial charge < -0.3 is 15.8 Å². The van der Waals surface area contributed by atoms with E-state index in [2.05, 4.69) is 18.3 Å². The van der Waals surface area contributed by atoms with Crippen molar-refractivity contribution in [2.45, 2.75) is 13.3 Å². The van der Waals surface area contributed by atoms with Crippen LogP contribution < -0.4 is 15.8 Å². The van der Waals surface area contributed by atoms with Gasteiger partial charge in [0.2, 0.25) is 0 Å². The number of methoxy groups -OCH3 is 1. The molecule has 0 amide bonds. The summed E-state index contributed by atoms with van der Waals surface area (Å²) in [6.45, 7) is 2.11. The minimum Gasteiger partial charge on any atom is -0.496 e. The number of hydrogen-bond acceptors (Lipinski definition) is 3. The number of nitrogens with two attached hydrogens (primary N) is 1. The molecule has 3 N–H and O–H groups in total. The molecular weight excluding hydrogens is 224 g/mol. The van der Waals surface area contributed by atoms with Crippen LogP contribution in [0.4, 0.5) is 17.1 Å². The highest BCUT2D eigenvalue weighted by atomic mass is 16.5. The first-order chi connectivity index (χ1) is 8.74. The van der Waals surface area contributed by atoms with Gasteiger partial charge in [-0.3, -0.25) is 0 Å². The van der Waals surface area contributed by atoms with Crippen LogP contribution >= 0.6 is 0 Å². The second kappa shape index (κ2) is 5.45. The van der Waals surface area contributed by atoms with Gasteiger partial charge in [0.25, 0.3) is 0 Å². The number of rotatable bonds is 4. The smallest absolute Gasteiger partial charge is 0.122 e. The van der Waals surface area contributed by atoms with Gasteiger partial charge in [-0.25, -0.2) is 0 Å². The number of ether oxygens (including phenoxy) is 1. The van der Waals surface area contributed by atoms with E-state index in [9.17, 15) is 0 Å². The zero-order valence-electron chi connectivity index (χ0n) is 10.7. The van der Waals surface area contributed by atoms with E-state index in [4.69, 9.17) is 10.5 Å². The Balaban J connectivity index is 2.27. The van der Waals surface area contributed by atoms with Crippen LogP contribution in [0.3, 0.4) is 0 Å². The van der Waals surface area contributed by atoms with Crippen LogP contribution in [0, 0.1) is 0 Å². The molecule has 0 aliphatic heterocycles. The topological polar surface area (TPSA) is 47.3 Å². The van der Waals surface area contributed by atoms with Gasteiger partial charge >= 0.3 is 0 Å². The zero-order chi connectivity index (χ0) is 13.0. The molecule has 0 radical (unpaired) electrons. The summed E-state index contributed by atoms with van der Waals surface area (Å²) in [5, 5.41) is 3.32. The third-order valence-electron chi connectivity index (χ3n) is 2.90. The van der Waals surface area contributed by atoms with E-state index in [1.165, 1.54) is 5.56 Å². The highest BCUT2D eigenvalue weighted by Gasteiger charge is 2.04. The summed E-state index contributed by atoms with van der Waals surface area (Å²) in [6.07, 6.45) is 0.933. The van der Waals surface area contributed by atoms with E-state index in [0.29, 0.717) is 0 Å².